The summed E-state index contributed by atoms with van der Waals surface area (Å²) in [6, 6.07) is 7.77. The molecular formula is C16H24N2O2. The summed E-state index contributed by atoms with van der Waals surface area (Å²) < 4.78 is 0. The highest BCUT2D eigenvalue weighted by atomic mass is 16.3. The number of nitrogens with zero attached hydrogens (tertiary/aromatic N) is 1. The van der Waals surface area contributed by atoms with Gasteiger partial charge >= 0.3 is 0 Å². The topological polar surface area (TPSA) is 52.6 Å². The summed E-state index contributed by atoms with van der Waals surface area (Å²) in [6.07, 6.45) is 5.63. The van der Waals surface area contributed by atoms with Crippen molar-refractivity contribution in [2.75, 3.05) is 30.4 Å². The zero-order chi connectivity index (χ0) is 14.4. The Morgan fingerprint density at radius 2 is 1.90 bits per heavy atom. The van der Waals surface area contributed by atoms with Crippen LogP contribution >= 0.6 is 0 Å². The van der Waals surface area contributed by atoms with Gasteiger partial charge in [-0.1, -0.05) is 19.3 Å². The first-order valence-corrected chi connectivity index (χ1v) is 7.43. The highest BCUT2D eigenvalue weighted by molar-refractivity contribution is 5.92. The minimum absolute atomic E-state index is 0.136. The molecular weight excluding hydrogens is 252 g/mol. The summed E-state index contributed by atoms with van der Waals surface area (Å²) in [6.45, 7) is 0.741. The van der Waals surface area contributed by atoms with Crippen molar-refractivity contribution in [2.24, 2.45) is 5.92 Å². The van der Waals surface area contributed by atoms with Gasteiger partial charge in [0.15, 0.2) is 0 Å². The van der Waals surface area contributed by atoms with Crippen LogP contribution in [0.4, 0.5) is 11.4 Å². The van der Waals surface area contributed by atoms with Crippen molar-refractivity contribution in [1.82, 2.24) is 0 Å². The van der Waals surface area contributed by atoms with Gasteiger partial charge in [0.05, 0.1) is 6.61 Å². The van der Waals surface area contributed by atoms with Crippen molar-refractivity contribution >= 4 is 17.3 Å². The first-order valence-electron chi connectivity index (χ1n) is 7.43. The van der Waals surface area contributed by atoms with Crippen LogP contribution in [0.3, 0.4) is 0 Å². The van der Waals surface area contributed by atoms with E-state index < -0.39 is 0 Å². The maximum atomic E-state index is 12.1. The Morgan fingerprint density at radius 3 is 2.50 bits per heavy atom. The molecule has 0 unspecified atom stereocenters. The quantitative estimate of drug-likeness (QED) is 0.869. The number of carbonyl (C=O) groups excluding carboxylic acids is 1. The van der Waals surface area contributed by atoms with Crippen LogP contribution in [0.5, 0.6) is 0 Å². The second-order valence-corrected chi connectivity index (χ2v) is 5.52. The average molecular weight is 276 g/mol. The predicted octanol–water partition coefficient (Wildman–Crippen LogP) is 2.63. The van der Waals surface area contributed by atoms with Crippen molar-refractivity contribution in [3.63, 3.8) is 0 Å². The molecule has 110 valence electrons. The van der Waals surface area contributed by atoms with Gasteiger partial charge < -0.3 is 15.3 Å². The molecule has 1 aromatic carbocycles. The van der Waals surface area contributed by atoms with Crippen LogP contribution in [0.15, 0.2) is 24.3 Å². The Balaban J connectivity index is 1.91. The molecule has 4 heteroatoms. The maximum Gasteiger partial charge on any atom is 0.227 e. The van der Waals surface area contributed by atoms with Crippen molar-refractivity contribution in [3.8, 4) is 0 Å². The zero-order valence-corrected chi connectivity index (χ0v) is 12.1. The number of hydrogen-bond acceptors (Lipinski definition) is 3. The van der Waals surface area contributed by atoms with E-state index in [-0.39, 0.29) is 18.4 Å². The third-order valence-electron chi connectivity index (χ3n) is 3.99. The summed E-state index contributed by atoms with van der Waals surface area (Å²) in [4.78, 5) is 14.1. The summed E-state index contributed by atoms with van der Waals surface area (Å²) in [5.41, 5.74) is 1.89. The van der Waals surface area contributed by atoms with Crippen LogP contribution in [-0.4, -0.2) is 31.2 Å². The fourth-order valence-electron chi connectivity index (χ4n) is 2.69. The first-order chi connectivity index (χ1) is 9.70. The lowest BCUT2D eigenvalue weighted by Gasteiger charge is -2.21. The molecule has 1 aliphatic carbocycles. The van der Waals surface area contributed by atoms with Gasteiger partial charge in [-0.3, -0.25) is 4.79 Å². The third-order valence-corrected chi connectivity index (χ3v) is 3.99. The Kier molecular flexibility index (Phi) is 5.41. The van der Waals surface area contributed by atoms with E-state index in [0.717, 1.165) is 24.2 Å². The SMILES string of the molecule is CN(CCO)c1ccc(NC(=O)C2CCCCC2)cc1. The Hall–Kier alpha value is -1.55. The second kappa shape index (κ2) is 7.29. The highest BCUT2D eigenvalue weighted by Crippen LogP contribution is 2.25. The van der Waals surface area contributed by atoms with Gasteiger partial charge in [0.25, 0.3) is 0 Å². The molecule has 0 aliphatic heterocycles. The minimum atomic E-state index is 0.136. The average Bonchev–Trinajstić information content (AvgIpc) is 2.49. The fraction of sp³-hybridized carbons (Fsp3) is 0.562. The molecule has 0 aromatic heterocycles. The van der Waals surface area contributed by atoms with Gasteiger partial charge in [-0.05, 0) is 37.1 Å². The molecule has 1 amide bonds. The van der Waals surface area contributed by atoms with Crippen molar-refractivity contribution < 1.29 is 9.90 Å². The van der Waals surface area contributed by atoms with Gasteiger partial charge in [-0.15, -0.1) is 0 Å². The zero-order valence-electron chi connectivity index (χ0n) is 12.1. The van der Waals surface area contributed by atoms with E-state index in [1.165, 1.54) is 19.3 Å². The molecule has 4 nitrogen and oxygen atoms in total. The third kappa shape index (κ3) is 3.97. The number of aliphatic hydroxyl groups is 1. The van der Waals surface area contributed by atoms with E-state index in [9.17, 15) is 4.79 Å². The predicted molar refractivity (Wildman–Crippen MR) is 82.0 cm³/mol. The molecule has 1 aromatic rings. The van der Waals surface area contributed by atoms with E-state index in [1.807, 2.05) is 36.2 Å². The van der Waals surface area contributed by atoms with E-state index in [4.69, 9.17) is 5.11 Å². The highest BCUT2D eigenvalue weighted by Gasteiger charge is 2.20. The molecule has 0 bridgehead atoms. The van der Waals surface area contributed by atoms with Crippen LogP contribution in [0.25, 0.3) is 0 Å². The molecule has 2 rings (SSSR count). The van der Waals surface area contributed by atoms with Gasteiger partial charge in [0.1, 0.15) is 0 Å². The lowest BCUT2D eigenvalue weighted by molar-refractivity contribution is -0.120. The monoisotopic (exact) mass is 276 g/mol. The molecule has 0 atom stereocenters. The molecule has 2 N–H and O–H groups in total. The van der Waals surface area contributed by atoms with E-state index in [2.05, 4.69) is 5.32 Å². The molecule has 1 aliphatic rings. The van der Waals surface area contributed by atoms with Crippen LogP contribution in [0.2, 0.25) is 0 Å². The Morgan fingerprint density at radius 1 is 1.25 bits per heavy atom. The van der Waals surface area contributed by atoms with E-state index >= 15 is 0 Å². The normalized spacial score (nSPS) is 15.9. The van der Waals surface area contributed by atoms with E-state index in [0.29, 0.717) is 6.54 Å². The van der Waals surface area contributed by atoms with Crippen molar-refractivity contribution in [2.45, 2.75) is 32.1 Å². The standard InChI is InChI=1S/C16H24N2O2/c1-18(11-12-19)15-9-7-14(8-10-15)17-16(20)13-5-3-2-4-6-13/h7-10,13,19H,2-6,11-12H2,1H3,(H,17,20). The second-order valence-electron chi connectivity index (χ2n) is 5.52. The Bertz CT molecular complexity index is 425. The largest absolute Gasteiger partial charge is 0.395 e. The number of benzene rings is 1. The molecule has 0 radical (unpaired) electrons. The van der Waals surface area contributed by atoms with Crippen LogP contribution in [0, 0.1) is 5.92 Å². The van der Waals surface area contributed by atoms with Crippen LogP contribution in [0.1, 0.15) is 32.1 Å². The summed E-state index contributed by atoms with van der Waals surface area (Å²) in [5, 5.41) is 11.9. The number of rotatable bonds is 5. The molecule has 0 heterocycles. The number of hydrogen-bond donors (Lipinski definition) is 2. The molecule has 1 fully saturated rings. The van der Waals surface area contributed by atoms with Crippen LogP contribution in [-0.2, 0) is 4.79 Å². The lowest BCUT2D eigenvalue weighted by Crippen LogP contribution is -2.24. The maximum absolute atomic E-state index is 12.1. The van der Waals surface area contributed by atoms with Crippen LogP contribution < -0.4 is 10.2 Å². The summed E-state index contributed by atoms with van der Waals surface area (Å²) in [7, 11) is 1.94. The summed E-state index contributed by atoms with van der Waals surface area (Å²) in [5.74, 6) is 0.335. The number of aliphatic hydroxyl groups excluding tert-OH is 1. The molecule has 0 spiro atoms. The number of carbonyl (C=O) groups is 1. The van der Waals surface area contributed by atoms with Gasteiger partial charge in [-0.25, -0.2) is 0 Å². The fourth-order valence-corrected chi connectivity index (χ4v) is 2.69. The van der Waals surface area contributed by atoms with Gasteiger partial charge in [0.2, 0.25) is 5.91 Å². The molecule has 0 saturated heterocycles. The van der Waals surface area contributed by atoms with Gasteiger partial charge in [0, 0.05) is 30.9 Å². The number of nitrogens with one attached hydrogen (secondary N) is 1. The minimum Gasteiger partial charge on any atom is -0.395 e. The molecule has 20 heavy (non-hydrogen) atoms. The van der Waals surface area contributed by atoms with Crippen molar-refractivity contribution in [1.29, 1.82) is 0 Å². The lowest BCUT2D eigenvalue weighted by atomic mass is 9.88. The van der Waals surface area contributed by atoms with Gasteiger partial charge in [-0.2, -0.15) is 0 Å². The number of likely N-dealkylation sites (N-methyl/N-ethyl adjacent to an activating group) is 1. The summed E-state index contributed by atoms with van der Waals surface area (Å²) >= 11 is 0. The Labute approximate surface area is 120 Å². The number of amides is 1. The van der Waals surface area contributed by atoms with Crippen molar-refractivity contribution in [3.05, 3.63) is 24.3 Å². The number of anilines is 2. The first kappa shape index (κ1) is 14.9. The molecule has 1 saturated carbocycles. The van der Waals surface area contributed by atoms with E-state index in [1.54, 1.807) is 0 Å². The smallest absolute Gasteiger partial charge is 0.227 e.